The third kappa shape index (κ3) is 5.31. The van der Waals surface area contributed by atoms with Gasteiger partial charge >= 0.3 is 6.09 Å². The van der Waals surface area contributed by atoms with Gasteiger partial charge in [-0.1, -0.05) is 20.8 Å². The summed E-state index contributed by atoms with van der Waals surface area (Å²) < 4.78 is 29.3. The zero-order chi connectivity index (χ0) is 22.4. The number of nitrogens with zero attached hydrogens (tertiary/aromatic N) is 1. The lowest BCUT2D eigenvalue weighted by Gasteiger charge is -2.39. The van der Waals surface area contributed by atoms with E-state index in [0.29, 0.717) is 6.47 Å². The minimum atomic E-state index is -2.11. The quantitative estimate of drug-likeness (QED) is 0.485. The molecule has 2 heterocycles. The van der Waals surface area contributed by atoms with Crippen molar-refractivity contribution in [2.24, 2.45) is 0 Å². The number of hydrogen-bond acceptors (Lipinski definition) is 7. The molecule has 9 heteroatoms. The van der Waals surface area contributed by atoms with Gasteiger partial charge in [0, 0.05) is 0 Å². The fraction of sp³-hybridized carbons (Fsp3) is 0.900. The number of carbonyl (C=O) groups excluding carboxylic acids is 2. The molecule has 2 saturated heterocycles. The van der Waals surface area contributed by atoms with E-state index in [1.807, 2.05) is 0 Å². The standard InChI is InChI=1S/C20H37NO7Si/c1-18(2,3)28-17(23)21-13(11-25-29(9,10)19(4,5)6)14(24-12-22)15-16(21)27-20(7,8)26-15/h12-16H,11H2,1-10H3/t13-,14+,15-,16-/m0/s1. The Morgan fingerprint density at radius 2 is 1.72 bits per heavy atom. The first-order valence-electron chi connectivity index (χ1n) is 10.1. The van der Waals surface area contributed by atoms with Crippen LogP contribution in [0.15, 0.2) is 0 Å². The summed E-state index contributed by atoms with van der Waals surface area (Å²) in [7, 11) is -2.11. The van der Waals surface area contributed by atoms with Crippen molar-refractivity contribution in [2.45, 2.75) is 109 Å². The Kier molecular flexibility index (Phi) is 6.51. The minimum Gasteiger partial charge on any atom is -0.459 e. The van der Waals surface area contributed by atoms with Gasteiger partial charge in [0.1, 0.15) is 11.7 Å². The molecule has 0 aromatic carbocycles. The van der Waals surface area contributed by atoms with Crippen LogP contribution >= 0.6 is 0 Å². The number of rotatable bonds is 5. The van der Waals surface area contributed by atoms with Gasteiger partial charge in [-0.3, -0.25) is 9.69 Å². The van der Waals surface area contributed by atoms with Crippen molar-refractivity contribution in [3.63, 3.8) is 0 Å². The lowest BCUT2D eigenvalue weighted by molar-refractivity contribution is -0.188. The summed E-state index contributed by atoms with van der Waals surface area (Å²) in [5, 5.41) is -0.00573. The van der Waals surface area contributed by atoms with Crippen LogP contribution in [-0.2, 0) is 28.2 Å². The highest BCUT2D eigenvalue weighted by atomic mass is 28.4. The molecule has 8 nitrogen and oxygen atoms in total. The molecule has 0 radical (unpaired) electrons. The van der Waals surface area contributed by atoms with E-state index in [4.69, 9.17) is 23.4 Å². The first kappa shape index (κ1) is 24.1. The molecule has 0 aliphatic carbocycles. The van der Waals surface area contributed by atoms with Gasteiger partial charge in [-0.15, -0.1) is 0 Å². The maximum atomic E-state index is 13.1. The summed E-state index contributed by atoms with van der Waals surface area (Å²) in [6.07, 6.45) is -2.60. The van der Waals surface area contributed by atoms with Crippen LogP contribution in [-0.4, -0.2) is 68.3 Å². The second kappa shape index (κ2) is 7.83. The maximum Gasteiger partial charge on any atom is 0.412 e. The highest BCUT2D eigenvalue weighted by Gasteiger charge is 2.61. The molecule has 0 saturated carbocycles. The predicted molar refractivity (Wildman–Crippen MR) is 110 cm³/mol. The zero-order valence-corrected chi connectivity index (χ0v) is 20.4. The number of fused-ring (bicyclic) bond motifs is 1. The van der Waals surface area contributed by atoms with Gasteiger partial charge in [0.05, 0.1) is 12.6 Å². The van der Waals surface area contributed by atoms with Crippen molar-refractivity contribution in [3.8, 4) is 0 Å². The molecule has 29 heavy (non-hydrogen) atoms. The van der Waals surface area contributed by atoms with Crippen LogP contribution in [0.2, 0.25) is 18.1 Å². The molecule has 2 fully saturated rings. The van der Waals surface area contributed by atoms with Gasteiger partial charge in [-0.2, -0.15) is 0 Å². The van der Waals surface area contributed by atoms with Crippen LogP contribution in [0.5, 0.6) is 0 Å². The Bertz CT molecular complexity index is 623. The first-order chi connectivity index (χ1) is 13.0. The Morgan fingerprint density at radius 1 is 1.14 bits per heavy atom. The number of hydrogen-bond donors (Lipinski definition) is 0. The van der Waals surface area contributed by atoms with Gasteiger partial charge in [0.15, 0.2) is 26.4 Å². The molecule has 0 bridgehead atoms. The molecule has 1 amide bonds. The van der Waals surface area contributed by atoms with Gasteiger partial charge in [-0.05, 0) is 52.8 Å². The highest BCUT2D eigenvalue weighted by Crippen LogP contribution is 2.43. The monoisotopic (exact) mass is 431 g/mol. The molecular weight excluding hydrogens is 394 g/mol. The molecule has 0 aromatic heterocycles. The molecule has 2 rings (SSSR count). The van der Waals surface area contributed by atoms with Crippen LogP contribution in [0.3, 0.4) is 0 Å². The second-order valence-electron chi connectivity index (χ2n) is 10.7. The molecule has 0 N–H and O–H groups in total. The van der Waals surface area contributed by atoms with E-state index in [1.165, 1.54) is 4.90 Å². The molecule has 0 unspecified atom stereocenters. The lowest BCUT2D eigenvalue weighted by Crippen LogP contribution is -2.52. The summed E-state index contributed by atoms with van der Waals surface area (Å²) >= 11 is 0. The van der Waals surface area contributed by atoms with E-state index in [0.717, 1.165) is 0 Å². The molecule has 2 aliphatic rings. The van der Waals surface area contributed by atoms with Crippen molar-refractivity contribution in [1.82, 2.24) is 4.90 Å². The third-order valence-corrected chi connectivity index (χ3v) is 10.2. The second-order valence-corrected chi connectivity index (χ2v) is 15.5. The number of carbonyl (C=O) groups is 2. The van der Waals surface area contributed by atoms with E-state index < -0.39 is 50.3 Å². The van der Waals surface area contributed by atoms with Crippen molar-refractivity contribution in [3.05, 3.63) is 0 Å². The van der Waals surface area contributed by atoms with Crippen LogP contribution in [0, 0.1) is 0 Å². The Labute approximate surface area is 175 Å². The number of likely N-dealkylation sites (tertiary alicyclic amines) is 1. The van der Waals surface area contributed by atoms with Crippen molar-refractivity contribution in [2.75, 3.05) is 6.61 Å². The molecule has 0 spiro atoms. The lowest BCUT2D eigenvalue weighted by atomic mass is 10.1. The van der Waals surface area contributed by atoms with Crippen LogP contribution in [0.4, 0.5) is 4.79 Å². The summed E-state index contributed by atoms with van der Waals surface area (Å²) in [6.45, 7) is 20.2. The van der Waals surface area contributed by atoms with E-state index >= 15 is 0 Å². The minimum absolute atomic E-state index is 0.00573. The third-order valence-electron chi connectivity index (χ3n) is 5.68. The summed E-state index contributed by atoms with van der Waals surface area (Å²) in [5.74, 6) is -0.911. The predicted octanol–water partition coefficient (Wildman–Crippen LogP) is 3.65. The molecule has 4 atom stereocenters. The Hall–Kier alpha value is -1.16. The largest absolute Gasteiger partial charge is 0.459 e. The van der Waals surface area contributed by atoms with E-state index in [-0.39, 0.29) is 11.6 Å². The smallest absolute Gasteiger partial charge is 0.412 e. The van der Waals surface area contributed by atoms with Crippen LogP contribution < -0.4 is 0 Å². The summed E-state index contributed by atoms with van der Waals surface area (Å²) in [4.78, 5) is 25.8. The average molecular weight is 432 g/mol. The van der Waals surface area contributed by atoms with Crippen molar-refractivity contribution < 1.29 is 33.0 Å². The topological polar surface area (TPSA) is 83.5 Å². The maximum absolute atomic E-state index is 13.1. The zero-order valence-electron chi connectivity index (χ0n) is 19.4. The van der Waals surface area contributed by atoms with Crippen LogP contribution in [0.1, 0.15) is 55.4 Å². The normalized spacial score (nSPS) is 29.5. The van der Waals surface area contributed by atoms with E-state index in [9.17, 15) is 9.59 Å². The fourth-order valence-electron chi connectivity index (χ4n) is 3.25. The molecule has 168 valence electrons. The first-order valence-corrected chi connectivity index (χ1v) is 13.0. The Morgan fingerprint density at radius 3 is 2.21 bits per heavy atom. The fourth-order valence-corrected chi connectivity index (χ4v) is 4.27. The van der Waals surface area contributed by atoms with Gasteiger partial charge in [0.2, 0.25) is 0 Å². The van der Waals surface area contributed by atoms with Gasteiger partial charge < -0.3 is 23.4 Å². The van der Waals surface area contributed by atoms with Gasteiger partial charge in [-0.25, -0.2) is 4.79 Å². The van der Waals surface area contributed by atoms with Crippen molar-refractivity contribution >= 4 is 20.9 Å². The van der Waals surface area contributed by atoms with E-state index in [2.05, 4.69) is 33.9 Å². The summed E-state index contributed by atoms with van der Waals surface area (Å²) in [5.41, 5.74) is -0.685. The number of ether oxygens (including phenoxy) is 4. The molecular formula is C20H37NO7Si. The van der Waals surface area contributed by atoms with Crippen LogP contribution in [0.25, 0.3) is 0 Å². The van der Waals surface area contributed by atoms with Gasteiger partial charge in [0.25, 0.3) is 6.47 Å². The average Bonchev–Trinajstić information content (AvgIpc) is 2.94. The van der Waals surface area contributed by atoms with Crippen molar-refractivity contribution in [1.29, 1.82) is 0 Å². The Balaban J connectivity index is 2.35. The summed E-state index contributed by atoms with van der Waals surface area (Å²) in [6, 6.07) is -0.574. The highest BCUT2D eigenvalue weighted by molar-refractivity contribution is 6.74. The number of amides is 1. The molecule has 0 aromatic rings. The molecule has 2 aliphatic heterocycles. The van der Waals surface area contributed by atoms with E-state index in [1.54, 1.807) is 34.6 Å². The SMILES string of the molecule is CC(C)(C)OC(=O)N1[C@@H](CO[Si](C)(C)C(C)(C)C)[C@@H](OC=O)[C@@H]2OC(C)(C)O[C@@H]21.